The van der Waals surface area contributed by atoms with Crippen LogP contribution in [0.25, 0.3) is 22.1 Å². The molecule has 0 spiro atoms. The molecule has 0 aliphatic rings. The maximum atomic E-state index is 12.7. The lowest BCUT2D eigenvalue weighted by Crippen LogP contribution is -2.26. The molecular weight excluding hydrogens is 386 g/mol. The van der Waals surface area contributed by atoms with E-state index in [4.69, 9.17) is 16.0 Å². The first-order valence-electron chi connectivity index (χ1n) is 9.15. The average molecular weight is 404 g/mol. The van der Waals surface area contributed by atoms with Crippen LogP contribution >= 0.6 is 11.6 Å². The molecule has 0 atom stereocenters. The molecule has 29 heavy (non-hydrogen) atoms. The van der Waals surface area contributed by atoms with E-state index in [1.165, 1.54) is 6.07 Å². The summed E-state index contributed by atoms with van der Waals surface area (Å²) in [5.41, 5.74) is 3.05. The highest BCUT2D eigenvalue weighted by molar-refractivity contribution is 6.32. The predicted octanol–water partition coefficient (Wildman–Crippen LogP) is 5.39. The number of benzene rings is 3. The van der Waals surface area contributed by atoms with Gasteiger partial charge in [-0.2, -0.15) is 0 Å². The predicted molar refractivity (Wildman–Crippen MR) is 115 cm³/mol. The number of carbonyl (C=O) groups is 1. The molecule has 4 aromatic rings. The zero-order valence-electron chi connectivity index (χ0n) is 15.8. The Balaban J connectivity index is 1.76. The van der Waals surface area contributed by atoms with Crippen molar-refractivity contribution in [1.82, 2.24) is 4.90 Å². The molecule has 0 N–H and O–H groups in total. The van der Waals surface area contributed by atoms with Gasteiger partial charge in [-0.05, 0) is 34.9 Å². The summed E-state index contributed by atoms with van der Waals surface area (Å²) in [6, 6.07) is 23.7. The van der Waals surface area contributed by atoms with Crippen LogP contribution in [0.3, 0.4) is 0 Å². The first-order valence-corrected chi connectivity index (χ1v) is 9.53. The molecule has 1 aromatic heterocycles. The molecule has 1 heterocycles. The van der Waals surface area contributed by atoms with E-state index in [1.807, 2.05) is 54.6 Å². The van der Waals surface area contributed by atoms with Crippen molar-refractivity contribution >= 4 is 28.5 Å². The van der Waals surface area contributed by atoms with Gasteiger partial charge in [0.2, 0.25) is 0 Å². The molecule has 0 bridgehead atoms. The Morgan fingerprint density at radius 1 is 0.966 bits per heavy atom. The van der Waals surface area contributed by atoms with Gasteiger partial charge in [0, 0.05) is 41.7 Å². The van der Waals surface area contributed by atoms with Crippen LogP contribution in [0.1, 0.15) is 15.9 Å². The molecule has 4 nitrogen and oxygen atoms in total. The quantitative estimate of drug-likeness (QED) is 0.429. The molecule has 1 amide bonds. The van der Waals surface area contributed by atoms with Crippen LogP contribution in [0.2, 0.25) is 5.02 Å². The lowest BCUT2D eigenvalue weighted by atomic mass is 10.0. The van der Waals surface area contributed by atoms with Crippen molar-refractivity contribution < 1.29 is 9.21 Å². The number of nitrogens with zero attached hydrogens (tertiary/aromatic N) is 1. The van der Waals surface area contributed by atoms with Gasteiger partial charge in [-0.15, -0.1) is 0 Å². The fourth-order valence-corrected chi connectivity index (χ4v) is 3.55. The van der Waals surface area contributed by atoms with Crippen molar-refractivity contribution in [1.29, 1.82) is 0 Å². The number of rotatable bonds is 4. The monoisotopic (exact) mass is 403 g/mol. The Kier molecular flexibility index (Phi) is 5.19. The third-order valence-corrected chi connectivity index (χ3v) is 5.12. The highest BCUT2D eigenvalue weighted by atomic mass is 35.5. The van der Waals surface area contributed by atoms with Crippen LogP contribution in [-0.4, -0.2) is 17.9 Å². The molecule has 144 valence electrons. The minimum absolute atomic E-state index is 0.0929. The number of amides is 1. The highest BCUT2D eigenvalue weighted by Gasteiger charge is 2.16. The number of halogens is 1. The average Bonchev–Trinajstić information content (AvgIpc) is 2.74. The minimum Gasteiger partial charge on any atom is -0.423 e. The molecule has 0 unspecified atom stereocenters. The van der Waals surface area contributed by atoms with E-state index in [-0.39, 0.29) is 5.91 Å². The number of hydrogen-bond donors (Lipinski definition) is 0. The summed E-state index contributed by atoms with van der Waals surface area (Å²) in [5.74, 6) is -0.0929. The summed E-state index contributed by atoms with van der Waals surface area (Å²) < 4.78 is 5.36. The molecule has 0 fully saturated rings. The maximum absolute atomic E-state index is 12.7. The van der Waals surface area contributed by atoms with Crippen molar-refractivity contribution in [2.24, 2.45) is 0 Å². The second-order valence-electron chi connectivity index (χ2n) is 6.81. The van der Waals surface area contributed by atoms with Gasteiger partial charge >= 0.3 is 5.63 Å². The summed E-state index contributed by atoms with van der Waals surface area (Å²) in [5, 5.41) is 1.22. The van der Waals surface area contributed by atoms with Crippen molar-refractivity contribution in [3.8, 4) is 11.1 Å². The Hall–Kier alpha value is -3.37. The lowest BCUT2D eigenvalue weighted by Gasteiger charge is -2.19. The second kappa shape index (κ2) is 7.94. The summed E-state index contributed by atoms with van der Waals surface area (Å²) in [6.07, 6.45) is 0. The third-order valence-electron chi connectivity index (χ3n) is 4.77. The summed E-state index contributed by atoms with van der Waals surface area (Å²) in [7, 11) is 1.74. The van der Waals surface area contributed by atoms with Gasteiger partial charge in [-0.25, -0.2) is 4.79 Å². The first kappa shape index (κ1) is 19.0. The van der Waals surface area contributed by atoms with Crippen LogP contribution in [0.4, 0.5) is 0 Å². The molecule has 3 aromatic carbocycles. The largest absolute Gasteiger partial charge is 0.423 e. The van der Waals surface area contributed by atoms with Gasteiger partial charge in [0.1, 0.15) is 5.58 Å². The minimum atomic E-state index is -0.434. The van der Waals surface area contributed by atoms with Crippen molar-refractivity contribution in [3.05, 3.63) is 105 Å². The van der Waals surface area contributed by atoms with E-state index in [0.717, 1.165) is 22.1 Å². The molecule has 0 aliphatic carbocycles. The normalized spacial score (nSPS) is 10.8. The van der Waals surface area contributed by atoms with E-state index < -0.39 is 5.63 Å². The van der Waals surface area contributed by atoms with Gasteiger partial charge in [-0.1, -0.05) is 60.1 Å². The molecule has 0 radical (unpaired) electrons. The van der Waals surface area contributed by atoms with E-state index >= 15 is 0 Å². The molecule has 0 aliphatic heterocycles. The molecular formula is C24H18ClNO3. The SMILES string of the molecule is CN(Cc1cc2c(-c3ccccc3)cc(=O)oc2cc1Cl)C(=O)c1ccccc1. The van der Waals surface area contributed by atoms with Crippen molar-refractivity contribution in [2.75, 3.05) is 7.05 Å². The van der Waals surface area contributed by atoms with Gasteiger partial charge in [0.05, 0.1) is 0 Å². The smallest absolute Gasteiger partial charge is 0.336 e. The van der Waals surface area contributed by atoms with Crippen LogP contribution in [0.5, 0.6) is 0 Å². The standard InChI is InChI=1S/C24H18ClNO3/c1-26(24(28)17-10-6-3-7-11-17)15-18-12-20-19(16-8-4-2-5-9-16)13-23(27)29-22(20)14-21(18)25/h2-14H,15H2,1H3. The van der Waals surface area contributed by atoms with Gasteiger partial charge in [-0.3, -0.25) is 4.79 Å². The Morgan fingerprint density at radius 3 is 2.31 bits per heavy atom. The molecule has 5 heteroatoms. The van der Waals surface area contributed by atoms with Crippen molar-refractivity contribution in [2.45, 2.75) is 6.54 Å². The van der Waals surface area contributed by atoms with Gasteiger partial charge in [0.15, 0.2) is 0 Å². The topological polar surface area (TPSA) is 50.5 Å². The third kappa shape index (κ3) is 3.93. The lowest BCUT2D eigenvalue weighted by molar-refractivity contribution is 0.0785. The van der Waals surface area contributed by atoms with Gasteiger partial charge in [0.25, 0.3) is 5.91 Å². The first-order chi connectivity index (χ1) is 14.0. The highest BCUT2D eigenvalue weighted by Crippen LogP contribution is 2.31. The van der Waals surface area contributed by atoms with Crippen LogP contribution in [0, 0.1) is 0 Å². The number of fused-ring (bicyclic) bond motifs is 1. The second-order valence-corrected chi connectivity index (χ2v) is 7.22. The fraction of sp³-hybridized carbons (Fsp3) is 0.0833. The zero-order valence-corrected chi connectivity index (χ0v) is 16.5. The van der Waals surface area contributed by atoms with E-state index in [1.54, 1.807) is 30.1 Å². The number of carbonyl (C=O) groups excluding carboxylic acids is 1. The van der Waals surface area contributed by atoms with E-state index in [2.05, 4.69) is 0 Å². The van der Waals surface area contributed by atoms with E-state index in [0.29, 0.717) is 22.7 Å². The Labute approximate surface area is 173 Å². The summed E-state index contributed by atoms with van der Waals surface area (Å²) in [4.78, 5) is 26.3. The number of hydrogen-bond acceptors (Lipinski definition) is 3. The molecule has 4 rings (SSSR count). The molecule has 0 saturated heterocycles. The van der Waals surface area contributed by atoms with Crippen LogP contribution in [0.15, 0.2) is 88.1 Å². The van der Waals surface area contributed by atoms with Crippen LogP contribution in [-0.2, 0) is 6.54 Å². The van der Waals surface area contributed by atoms with Crippen LogP contribution < -0.4 is 5.63 Å². The summed E-state index contributed by atoms with van der Waals surface area (Å²) in [6.45, 7) is 0.329. The summed E-state index contributed by atoms with van der Waals surface area (Å²) >= 11 is 6.45. The zero-order chi connectivity index (χ0) is 20.4. The Bertz CT molecular complexity index is 1230. The Morgan fingerprint density at radius 2 is 1.62 bits per heavy atom. The fourth-order valence-electron chi connectivity index (χ4n) is 3.33. The van der Waals surface area contributed by atoms with Crippen molar-refractivity contribution in [3.63, 3.8) is 0 Å². The van der Waals surface area contributed by atoms with E-state index in [9.17, 15) is 9.59 Å². The molecule has 0 saturated carbocycles. The van der Waals surface area contributed by atoms with Gasteiger partial charge < -0.3 is 9.32 Å². The maximum Gasteiger partial charge on any atom is 0.336 e.